The molecule has 3 rings (SSSR count). The predicted molar refractivity (Wildman–Crippen MR) is 65.1 cm³/mol. The molecule has 0 spiro atoms. The molecule has 90 valence electrons. The number of rotatable bonds is 3. The van der Waals surface area contributed by atoms with E-state index in [-0.39, 0.29) is 11.8 Å². The van der Waals surface area contributed by atoms with Crippen molar-refractivity contribution >= 4 is 5.91 Å². The largest absolute Gasteiger partial charge is 0.350 e. The van der Waals surface area contributed by atoms with Crippen LogP contribution in [-0.2, 0) is 11.3 Å². The molecule has 3 heteroatoms. The van der Waals surface area contributed by atoms with E-state index in [2.05, 4.69) is 10.3 Å². The van der Waals surface area contributed by atoms with E-state index in [9.17, 15) is 4.79 Å². The number of hydrogen-bond donors (Lipinski definition) is 1. The Hall–Kier alpha value is -1.38. The first-order valence-electron chi connectivity index (χ1n) is 6.42. The van der Waals surface area contributed by atoms with Gasteiger partial charge in [-0.1, -0.05) is 6.07 Å². The zero-order valence-electron chi connectivity index (χ0n) is 10.1. The smallest absolute Gasteiger partial charge is 0.223 e. The average Bonchev–Trinajstić information content (AvgIpc) is 2.93. The number of carbonyl (C=O) groups excluding carboxylic acids is 1. The Morgan fingerprint density at radius 3 is 2.82 bits per heavy atom. The van der Waals surface area contributed by atoms with Gasteiger partial charge in [0.25, 0.3) is 0 Å². The molecule has 0 aliphatic heterocycles. The summed E-state index contributed by atoms with van der Waals surface area (Å²) in [5, 5.41) is 3.01. The third-order valence-corrected chi connectivity index (χ3v) is 4.00. The Morgan fingerprint density at radius 1 is 1.35 bits per heavy atom. The van der Waals surface area contributed by atoms with Gasteiger partial charge in [-0.2, -0.15) is 0 Å². The number of fused-ring (bicyclic) bond motifs is 1. The van der Waals surface area contributed by atoms with Crippen LogP contribution in [0.1, 0.15) is 30.7 Å². The monoisotopic (exact) mass is 230 g/mol. The first-order valence-corrected chi connectivity index (χ1v) is 6.42. The summed E-state index contributed by atoms with van der Waals surface area (Å²) in [6.07, 6.45) is 3.58. The lowest BCUT2D eigenvalue weighted by Crippen LogP contribution is -2.29. The third kappa shape index (κ3) is 2.33. The van der Waals surface area contributed by atoms with Crippen LogP contribution >= 0.6 is 0 Å². The van der Waals surface area contributed by atoms with Gasteiger partial charge < -0.3 is 5.32 Å². The highest BCUT2D eigenvalue weighted by atomic mass is 16.1. The van der Waals surface area contributed by atoms with Crippen LogP contribution in [0.4, 0.5) is 0 Å². The number of aryl methyl sites for hydroxylation is 1. The molecule has 1 aromatic rings. The predicted octanol–water partition coefficient (Wildman–Crippen LogP) is 2.05. The van der Waals surface area contributed by atoms with Gasteiger partial charge >= 0.3 is 0 Å². The van der Waals surface area contributed by atoms with Gasteiger partial charge in [0.15, 0.2) is 0 Å². The SMILES string of the molecule is Cc1cccc(CNC(=O)C2CC3CC3C2)n1. The van der Waals surface area contributed by atoms with Crippen molar-refractivity contribution in [3.05, 3.63) is 29.6 Å². The Kier molecular flexibility index (Phi) is 2.61. The molecule has 2 aliphatic carbocycles. The van der Waals surface area contributed by atoms with Gasteiger partial charge in [-0.3, -0.25) is 9.78 Å². The second-order valence-corrected chi connectivity index (χ2v) is 5.41. The first kappa shape index (κ1) is 10.8. The van der Waals surface area contributed by atoms with Gasteiger partial charge in [-0.25, -0.2) is 0 Å². The highest BCUT2D eigenvalue weighted by Crippen LogP contribution is 2.54. The molecule has 2 atom stereocenters. The fourth-order valence-corrected chi connectivity index (χ4v) is 2.95. The molecule has 1 N–H and O–H groups in total. The number of pyridine rings is 1. The molecule has 2 unspecified atom stereocenters. The second-order valence-electron chi connectivity index (χ2n) is 5.41. The fraction of sp³-hybridized carbons (Fsp3) is 0.571. The summed E-state index contributed by atoms with van der Waals surface area (Å²) < 4.78 is 0. The molecule has 2 saturated carbocycles. The maximum Gasteiger partial charge on any atom is 0.223 e. The van der Waals surface area contributed by atoms with Gasteiger partial charge in [0.2, 0.25) is 5.91 Å². The van der Waals surface area contributed by atoms with E-state index in [1.807, 2.05) is 25.1 Å². The van der Waals surface area contributed by atoms with Crippen LogP contribution in [0.25, 0.3) is 0 Å². The quantitative estimate of drug-likeness (QED) is 0.863. The highest BCUT2D eigenvalue weighted by Gasteiger charge is 2.47. The number of nitrogens with zero attached hydrogens (tertiary/aromatic N) is 1. The van der Waals surface area contributed by atoms with E-state index in [4.69, 9.17) is 0 Å². The molecule has 1 aromatic heterocycles. The van der Waals surface area contributed by atoms with E-state index >= 15 is 0 Å². The van der Waals surface area contributed by atoms with Crippen molar-refractivity contribution in [3.63, 3.8) is 0 Å². The molecule has 2 fully saturated rings. The van der Waals surface area contributed by atoms with Gasteiger partial charge in [0.05, 0.1) is 12.2 Å². The Morgan fingerprint density at radius 2 is 2.12 bits per heavy atom. The zero-order chi connectivity index (χ0) is 11.8. The summed E-state index contributed by atoms with van der Waals surface area (Å²) in [4.78, 5) is 16.3. The summed E-state index contributed by atoms with van der Waals surface area (Å²) in [7, 11) is 0. The van der Waals surface area contributed by atoms with Crippen molar-refractivity contribution in [2.75, 3.05) is 0 Å². The van der Waals surface area contributed by atoms with E-state index in [1.165, 1.54) is 6.42 Å². The second kappa shape index (κ2) is 4.13. The van der Waals surface area contributed by atoms with Crippen LogP contribution < -0.4 is 5.32 Å². The average molecular weight is 230 g/mol. The topological polar surface area (TPSA) is 42.0 Å². The van der Waals surface area contributed by atoms with Gasteiger partial charge in [0.1, 0.15) is 0 Å². The maximum absolute atomic E-state index is 11.9. The fourth-order valence-electron chi connectivity index (χ4n) is 2.95. The molecule has 3 nitrogen and oxygen atoms in total. The van der Waals surface area contributed by atoms with E-state index in [0.717, 1.165) is 36.1 Å². The van der Waals surface area contributed by atoms with Crippen LogP contribution in [0.3, 0.4) is 0 Å². The van der Waals surface area contributed by atoms with Crippen molar-refractivity contribution in [2.45, 2.75) is 32.7 Å². The van der Waals surface area contributed by atoms with E-state index < -0.39 is 0 Å². The third-order valence-electron chi connectivity index (χ3n) is 4.00. The zero-order valence-corrected chi connectivity index (χ0v) is 10.1. The van der Waals surface area contributed by atoms with Gasteiger partial charge in [0, 0.05) is 11.6 Å². The van der Waals surface area contributed by atoms with E-state index in [1.54, 1.807) is 0 Å². The molecular formula is C14H18N2O. The van der Waals surface area contributed by atoms with Crippen molar-refractivity contribution in [2.24, 2.45) is 17.8 Å². The number of amides is 1. The molecule has 1 amide bonds. The van der Waals surface area contributed by atoms with Crippen LogP contribution in [0.2, 0.25) is 0 Å². The lowest BCUT2D eigenvalue weighted by Gasteiger charge is -2.12. The number of aromatic nitrogens is 1. The molecule has 0 bridgehead atoms. The molecule has 0 aromatic carbocycles. The lowest BCUT2D eigenvalue weighted by atomic mass is 10.0. The number of nitrogens with one attached hydrogen (secondary N) is 1. The van der Waals surface area contributed by atoms with Crippen LogP contribution in [0.5, 0.6) is 0 Å². The van der Waals surface area contributed by atoms with Crippen LogP contribution in [0, 0.1) is 24.7 Å². The van der Waals surface area contributed by atoms with Crippen molar-refractivity contribution in [1.29, 1.82) is 0 Å². The minimum absolute atomic E-state index is 0.223. The molecule has 2 aliphatic rings. The highest BCUT2D eigenvalue weighted by molar-refractivity contribution is 5.79. The Balaban J connectivity index is 1.52. The normalized spacial score (nSPS) is 29.8. The van der Waals surface area contributed by atoms with Crippen molar-refractivity contribution in [1.82, 2.24) is 10.3 Å². The number of hydrogen-bond acceptors (Lipinski definition) is 2. The molecule has 1 heterocycles. The van der Waals surface area contributed by atoms with Gasteiger partial charge in [-0.05, 0) is 50.2 Å². The van der Waals surface area contributed by atoms with Crippen LogP contribution in [-0.4, -0.2) is 10.9 Å². The van der Waals surface area contributed by atoms with Crippen LogP contribution in [0.15, 0.2) is 18.2 Å². The summed E-state index contributed by atoms with van der Waals surface area (Å²) in [6, 6.07) is 5.91. The van der Waals surface area contributed by atoms with Gasteiger partial charge in [-0.15, -0.1) is 0 Å². The summed E-state index contributed by atoms with van der Waals surface area (Å²) >= 11 is 0. The maximum atomic E-state index is 11.9. The van der Waals surface area contributed by atoms with Crippen molar-refractivity contribution < 1.29 is 4.79 Å². The minimum Gasteiger partial charge on any atom is -0.350 e. The Labute approximate surface area is 102 Å². The first-order chi connectivity index (χ1) is 8.22. The Bertz CT molecular complexity index is 434. The van der Waals surface area contributed by atoms with Crippen molar-refractivity contribution in [3.8, 4) is 0 Å². The lowest BCUT2D eigenvalue weighted by molar-refractivity contribution is -0.125. The summed E-state index contributed by atoms with van der Waals surface area (Å²) in [6.45, 7) is 2.53. The molecule has 0 radical (unpaired) electrons. The molecule has 0 saturated heterocycles. The summed E-state index contributed by atoms with van der Waals surface area (Å²) in [5.41, 5.74) is 1.94. The molecular weight excluding hydrogens is 212 g/mol. The molecule has 17 heavy (non-hydrogen) atoms. The minimum atomic E-state index is 0.223. The van der Waals surface area contributed by atoms with E-state index in [0.29, 0.717) is 6.54 Å². The standard InChI is InChI=1S/C14H18N2O/c1-9-3-2-4-13(16-9)8-15-14(17)12-6-10-5-11(10)7-12/h2-4,10-12H,5-8H2,1H3,(H,15,17). The number of carbonyl (C=O) groups is 1. The summed E-state index contributed by atoms with van der Waals surface area (Å²) in [5.74, 6) is 2.22.